The average molecular weight is 327 g/mol. The summed E-state index contributed by atoms with van der Waals surface area (Å²) in [5.41, 5.74) is 6.52. The summed E-state index contributed by atoms with van der Waals surface area (Å²) in [5.74, 6) is 3.59. The van der Waals surface area contributed by atoms with Crippen LogP contribution < -0.4 is 5.73 Å². The van der Waals surface area contributed by atoms with Gasteiger partial charge in [-0.15, -0.1) is 11.8 Å². The van der Waals surface area contributed by atoms with E-state index in [2.05, 4.69) is 0 Å². The molecule has 2 nitrogen and oxygen atoms in total. The van der Waals surface area contributed by atoms with Gasteiger partial charge in [0.25, 0.3) is 0 Å². The summed E-state index contributed by atoms with van der Waals surface area (Å²) in [6, 6.07) is 6.85. The molecule has 2 N–H and O–H groups in total. The van der Waals surface area contributed by atoms with Crippen molar-refractivity contribution in [2.24, 2.45) is 11.7 Å². The summed E-state index contributed by atoms with van der Waals surface area (Å²) in [5, 5.41) is 0. The SMILES string of the molecule is NC(CSc1ccc(F)cc1)C1CCOC2(CCSC2)C1. The van der Waals surface area contributed by atoms with Crippen molar-refractivity contribution in [3.8, 4) is 0 Å². The van der Waals surface area contributed by atoms with Crippen LogP contribution in [0.4, 0.5) is 4.39 Å². The van der Waals surface area contributed by atoms with Gasteiger partial charge in [0.1, 0.15) is 5.82 Å². The second-order valence-corrected chi connectivity index (χ2v) is 8.21. The molecule has 0 saturated carbocycles. The van der Waals surface area contributed by atoms with Crippen LogP contribution >= 0.6 is 23.5 Å². The fourth-order valence-corrected chi connectivity index (χ4v) is 5.52. The number of rotatable bonds is 4. The number of thioether (sulfide) groups is 2. The summed E-state index contributed by atoms with van der Waals surface area (Å²) in [6.07, 6.45) is 3.34. The standard InChI is InChI=1S/C16H22FNOS2/c17-13-1-3-14(4-2-13)21-10-15(18)12-5-7-19-16(9-12)6-8-20-11-16/h1-4,12,15H,5-11,18H2. The van der Waals surface area contributed by atoms with Crippen LogP contribution in [0.1, 0.15) is 19.3 Å². The molecule has 1 aromatic rings. The van der Waals surface area contributed by atoms with Crippen LogP contribution in [0.15, 0.2) is 29.2 Å². The van der Waals surface area contributed by atoms with E-state index in [1.165, 1.54) is 24.3 Å². The predicted molar refractivity (Wildman–Crippen MR) is 88.4 cm³/mol. The third kappa shape index (κ3) is 3.95. The summed E-state index contributed by atoms with van der Waals surface area (Å²) >= 11 is 3.72. The van der Waals surface area contributed by atoms with E-state index < -0.39 is 0 Å². The smallest absolute Gasteiger partial charge is 0.123 e. The highest BCUT2D eigenvalue weighted by atomic mass is 32.2. The van der Waals surface area contributed by atoms with Gasteiger partial charge in [0.15, 0.2) is 0 Å². The molecule has 2 aliphatic heterocycles. The van der Waals surface area contributed by atoms with Crippen molar-refractivity contribution >= 4 is 23.5 Å². The highest BCUT2D eigenvalue weighted by Crippen LogP contribution is 2.41. The van der Waals surface area contributed by atoms with Crippen molar-refractivity contribution in [2.75, 3.05) is 23.9 Å². The summed E-state index contributed by atoms with van der Waals surface area (Å²) < 4.78 is 19.0. The van der Waals surface area contributed by atoms with Crippen molar-refractivity contribution in [3.63, 3.8) is 0 Å². The predicted octanol–water partition coefficient (Wildman–Crippen LogP) is 3.55. The first kappa shape index (κ1) is 15.7. The summed E-state index contributed by atoms with van der Waals surface area (Å²) in [7, 11) is 0. The molecule has 116 valence electrons. The molecule has 0 radical (unpaired) electrons. The Bertz CT molecular complexity index is 462. The number of ether oxygens (including phenoxy) is 1. The lowest BCUT2D eigenvalue weighted by Crippen LogP contribution is -2.46. The van der Waals surface area contributed by atoms with Crippen LogP contribution in [-0.4, -0.2) is 35.5 Å². The Hall–Kier alpha value is -0.230. The Morgan fingerprint density at radius 2 is 2.24 bits per heavy atom. The number of hydrogen-bond acceptors (Lipinski definition) is 4. The van der Waals surface area contributed by atoms with Crippen molar-refractivity contribution < 1.29 is 9.13 Å². The second-order valence-electron chi connectivity index (χ2n) is 6.02. The number of nitrogens with two attached hydrogens (primary N) is 1. The highest BCUT2D eigenvalue weighted by molar-refractivity contribution is 7.99. The Balaban J connectivity index is 1.52. The van der Waals surface area contributed by atoms with E-state index >= 15 is 0 Å². The van der Waals surface area contributed by atoms with E-state index in [9.17, 15) is 4.39 Å². The molecule has 1 aromatic carbocycles. The van der Waals surface area contributed by atoms with Gasteiger partial charge in [0, 0.05) is 29.0 Å². The second kappa shape index (κ2) is 6.90. The first-order valence-electron chi connectivity index (χ1n) is 7.53. The van der Waals surface area contributed by atoms with Crippen molar-refractivity contribution in [1.29, 1.82) is 0 Å². The summed E-state index contributed by atoms with van der Waals surface area (Å²) in [4.78, 5) is 1.09. The summed E-state index contributed by atoms with van der Waals surface area (Å²) in [6.45, 7) is 0.847. The van der Waals surface area contributed by atoms with Gasteiger partial charge in [0.05, 0.1) is 5.60 Å². The van der Waals surface area contributed by atoms with Gasteiger partial charge in [-0.05, 0) is 55.2 Å². The largest absolute Gasteiger partial charge is 0.374 e. The molecule has 1 spiro atoms. The normalized spacial score (nSPS) is 30.7. The fourth-order valence-electron chi connectivity index (χ4n) is 3.15. The molecule has 0 aliphatic carbocycles. The molecule has 3 unspecified atom stereocenters. The third-order valence-electron chi connectivity index (χ3n) is 4.46. The van der Waals surface area contributed by atoms with Crippen LogP contribution in [0.5, 0.6) is 0 Å². The van der Waals surface area contributed by atoms with Gasteiger partial charge in [-0.25, -0.2) is 4.39 Å². The van der Waals surface area contributed by atoms with E-state index in [1.54, 1.807) is 11.8 Å². The topological polar surface area (TPSA) is 35.2 Å². The molecule has 5 heteroatoms. The van der Waals surface area contributed by atoms with Gasteiger partial charge in [-0.2, -0.15) is 11.8 Å². The Morgan fingerprint density at radius 3 is 2.95 bits per heavy atom. The number of halogens is 1. The Labute approximate surface area is 134 Å². The van der Waals surface area contributed by atoms with Crippen molar-refractivity contribution in [2.45, 2.75) is 35.8 Å². The number of benzene rings is 1. The quantitative estimate of drug-likeness (QED) is 0.858. The van der Waals surface area contributed by atoms with E-state index in [4.69, 9.17) is 10.5 Å². The third-order valence-corrected chi connectivity index (χ3v) is 6.84. The maximum Gasteiger partial charge on any atom is 0.123 e. The van der Waals surface area contributed by atoms with Crippen LogP contribution in [0.3, 0.4) is 0 Å². The van der Waals surface area contributed by atoms with E-state index in [0.717, 1.165) is 35.8 Å². The molecule has 3 rings (SSSR count). The minimum Gasteiger partial charge on any atom is -0.374 e. The average Bonchev–Trinajstić information content (AvgIpc) is 2.94. The molecule has 2 saturated heterocycles. The minimum absolute atomic E-state index is 0.103. The molecule has 0 bridgehead atoms. The first-order valence-corrected chi connectivity index (χ1v) is 9.67. The maximum absolute atomic E-state index is 12.9. The molecule has 2 heterocycles. The monoisotopic (exact) mass is 327 g/mol. The Kier molecular flexibility index (Phi) is 5.15. The molecule has 3 atom stereocenters. The Morgan fingerprint density at radius 1 is 1.43 bits per heavy atom. The van der Waals surface area contributed by atoms with E-state index in [-0.39, 0.29) is 17.5 Å². The molecule has 2 aliphatic rings. The van der Waals surface area contributed by atoms with Crippen LogP contribution in [0.2, 0.25) is 0 Å². The van der Waals surface area contributed by atoms with Crippen LogP contribution in [-0.2, 0) is 4.74 Å². The zero-order valence-corrected chi connectivity index (χ0v) is 13.7. The first-order chi connectivity index (χ1) is 10.2. The lowest BCUT2D eigenvalue weighted by Gasteiger charge is -2.40. The molecule has 0 aromatic heterocycles. The molecular weight excluding hydrogens is 305 g/mol. The van der Waals surface area contributed by atoms with Crippen molar-refractivity contribution in [3.05, 3.63) is 30.1 Å². The fraction of sp³-hybridized carbons (Fsp3) is 0.625. The number of hydrogen-bond donors (Lipinski definition) is 1. The van der Waals surface area contributed by atoms with Gasteiger partial charge in [0.2, 0.25) is 0 Å². The van der Waals surface area contributed by atoms with Gasteiger partial charge >= 0.3 is 0 Å². The zero-order chi connectivity index (χ0) is 14.7. The van der Waals surface area contributed by atoms with Gasteiger partial charge < -0.3 is 10.5 Å². The highest BCUT2D eigenvalue weighted by Gasteiger charge is 2.41. The zero-order valence-electron chi connectivity index (χ0n) is 12.1. The lowest BCUT2D eigenvalue weighted by atomic mass is 9.82. The van der Waals surface area contributed by atoms with Gasteiger partial charge in [-0.3, -0.25) is 0 Å². The van der Waals surface area contributed by atoms with Crippen LogP contribution in [0, 0.1) is 11.7 Å². The van der Waals surface area contributed by atoms with E-state index in [0.29, 0.717) is 5.92 Å². The van der Waals surface area contributed by atoms with E-state index in [1.807, 2.05) is 23.9 Å². The molecular formula is C16H22FNOS2. The molecule has 2 fully saturated rings. The molecule has 21 heavy (non-hydrogen) atoms. The minimum atomic E-state index is -0.186. The van der Waals surface area contributed by atoms with Crippen molar-refractivity contribution in [1.82, 2.24) is 0 Å². The maximum atomic E-state index is 12.9. The lowest BCUT2D eigenvalue weighted by molar-refractivity contribution is -0.0820. The van der Waals surface area contributed by atoms with Crippen LogP contribution in [0.25, 0.3) is 0 Å². The molecule has 0 amide bonds. The van der Waals surface area contributed by atoms with Gasteiger partial charge in [-0.1, -0.05) is 0 Å².